The third-order valence-corrected chi connectivity index (χ3v) is 3.91. The number of rotatable bonds is 6. The second-order valence-corrected chi connectivity index (χ2v) is 6.06. The van der Waals surface area contributed by atoms with Crippen LogP contribution < -0.4 is 10.6 Å². The van der Waals surface area contributed by atoms with Gasteiger partial charge in [0.25, 0.3) is 0 Å². The lowest BCUT2D eigenvalue weighted by atomic mass is 10.1. The number of aromatic nitrogens is 2. The van der Waals surface area contributed by atoms with Crippen molar-refractivity contribution in [1.82, 2.24) is 25.3 Å². The molecule has 0 aliphatic heterocycles. The molecule has 0 bridgehead atoms. The SMILES string of the molecule is CN=C(NCCC(=O)N(C)C)NC(C)Cc1c(C)nn(C)c1C. The molecule has 0 saturated carbocycles. The Morgan fingerprint density at radius 3 is 2.52 bits per heavy atom. The maximum Gasteiger partial charge on any atom is 0.223 e. The molecule has 0 aromatic carbocycles. The monoisotopic (exact) mass is 322 g/mol. The Morgan fingerprint density at radius 2 is 2.04 bits per heavy atom. The first-order chi connectivity index (χ1) is 10.8. The van der Waals surface area contributed by atoms with Gasteiger partial charge in [0.1, 0.15) is 0 Å². The smallest absolute Gasteiger partial charge is 0.223 e. The summed E-state index contributed by atoms with van der Waals surface area (Å²) < 4.78 is 1.91. The number of aliphatic imine (C=N–C) groups is 1. The summed E-state index contributed by atoms with van der Waals surface area (Å²) in [4.78, 5) is 17.4. The summed E-state index contributed by atoms with van der Waals surface area (Å²) in [6.07, 6.45) is 1.33. The van der Waals surface area contributed by atoms with E-state index in [2.05, 4.69) is 34.6 Å². The van der Waals surface area contributed by atoms with Crippen molar-refractivity contribution >= 4 is 11.9 Å². The first-order valence-corrected chi connectivity index (χ1v) is 7.92. The first-order valence-electron chi connectivity index (χ1n) is 7.92. The van der Waals surface area contributed by atoms with E-state index in [0.29, 0.717) is 18.9 Å². The van der Waals surface area contributed by atoms with Crippen LogP contribution in [0.5, 0.6) is 0 Å². The first kappa shape index (κ1) is 19.0. The zero-order valence-electron chi connectivity index (χ0n) is 15.4. The number of amides is 1. The number of carbonyl (C=O) groups excluding carboxylic acids is 1. The largest absolute Gasteiger partial charge is 0.356 e. The van der Waals surface area contributed by atoms with E-state index in [1.807, 2.05) is 18.7 Å². The Kier molecular flexibility index (Phi) is 7.06. The molecule has 1 amide bonds. The van der Waals surface area contributed by atoms with Crippen molar-refractivity contribution in [2.45, 2.75) is 39.7 Å². The number of hydrogen-bond donors (Lipinski definition) is 2. The van der Waals surface area contributed by atoms with Gasteiger partial charge < -0.3 is 15.5 Å². The van der Waals surface area contributed by atoms with Gasteiger partial charge in [0.05, 0.1) is 5.69 Å². The molecule has 23 heavy (non-hydrogen) atoms. The molecule has 0 saturated heterocycles. The van der Waals surface area contributed by atoms with E-state index < -0.39 is 0 Å². The van der Waals surface area contributed by atoms with Gasteiger partial charge in [0, 0.05) is 52.9 Å². The lowest BCUT2D eigenvalue weighted by molar-refractivity contribution is -0.128. The number of guanidine groups is 1. The maximum absolute atomic E-state index is 11.6. The average molecular weight is 322 g/mol. The lowest BCUT2D eigenvalue weighted by Crippen LogP contribution is -2.44. The molecule has 7 nitrogen and oxygen atoms in total. The number of carbonyl (C=O) groups is 1. The van der Waals surface area contributed by atoms with Crippen LogP contribution in [0.25, 0.3) is 0 Å². The number of hydrogen-bond acceptors (Lipinski definition) is 3. The van der Waals surface area contributed by atoms with Crippen molar-refractivity contribution in [1.29, 1.82) is 0 Å². The second-order valence-electron chi connectivity index (χ2n) is 6.06. The molecule has 0 radical (unpaired) electrons. The van der Waals surface area contributed by atoms with Crippen molar-refractivity contribution < 1.29 is 4.79 Å². The highest BCUT2D eigenvalue weighted by Gasteiger charge is 2.14. The van der Waals surface area contributed by atoms with Crippen LogP contribution in [0.2, 0.25) is 0 Å². The highest BCUT2D eigenvalue weighted by atomic mass is 16.2. The molecular formula is C16H30N6O. The Labute approximate surface area is 139 Å². The van der Waals surface area contributed by atoms with E-state index in [9.17, 15) is 4.79 Å². The molecule has 0 fully saturated rings. The minimum atomic E-state index is 0.0996. The van der Waals surface area contributed by atoms with E-state index in [4.69, 9.17) is 0 Å². The fraction of sp³-hybridized carbons (Fsp3) is 0.688. The maximum atomic E-state index is 11.6. The topological polar surface area (TPSA) is 74.6 Å². The summed E-state index contributed by atoms with van der Waals surface area (Å²) in [7, 11) is 7.22. The zero-order chi connectivity index (χ0) is 17.6. The van der Waals surface area contributed by atoms with Crippen molar-refractivity contribution in [3.63, 3.8) is 0 Å². The minimum absolute atomic E-state index is 0.0996. The molecule has 1 aromatic rings. The van der Waals surface area contributed by atoms with Crippen LogP contribution in [0, 0.1) is 13.8 Å². The summed E-state index contributed by atoms with van der Waals surface area (Å²) in [5.74, 6) is 0.811. The molecule has 1 aromatic heterocycles. The predicted octanol–water partition coefficient (Wildman–Crippen LogP) is 0.611. The summed E-state index contributed by atoms with van der Waals surface area (Å²) in [6.45, 7) is 6.80. The van der Waals surface area contributed by atoms with Crippen LogP contribution in [-0.4, -0.2) is 60.3 Å². The van der Waals surface area contributed by atoms with E-state index in [1.165, 1.54) is 11.3 Å². The van der Waals surface area contributed by atoms with Crippen molar-refractivity contribution in [2.75, 3.05) is 27.7 Å². The van der Waals surface area contributed by atoms with Gasteiger partial charge >= 0.3 is 0 Å². The molecule has 1 rings (SSSR count). The molecule has 0 aliphatic carbocycles. The Hall–Kier alpha value is -2.05. The summed E-state index contributed by atoms with van der Waals surface area (Å²) in [6, 6.07) is 0.215. The molecule has 7 heteroatoms. The van der Waals surface area contributed by atoms with E-state index >= 15 is 0 Å². The van der Waals surface area contributed by atoms with Gasteiger partial charge in [-0.05, 0) is 32.8 Å². The van der Waals surface area contributed by atoms with Crippen molar-refractivity contribution in [3.8, 4) is 0 Å². The van der Waals surface area contributed by atoms with E-state index in [0.717, 1.165) is 12.1 Å². The molecule has 1 heterocycles. The van der Waals surface area contributed by atoms with E-state index in [-0.39, 0.29) is 11.9 Å². The van der Waals surface area contributed by atoms with Crippen LogP contribution in [-0.2, 0) is 18.3 Å². The predicted molar refractivity (Wildman–Crippen MR) is 93.7 cm³/mol. The summed E-state index contributed by atoms with van der Waals surface area (Å²) in [5.41, 5.74) is 3.53. The minimum Gasteiger partial charge on any atom is -0.356 e. The van der Waals surface area contributed by atoms with Gasteiger partial charge in [-0.3, -0.25) is 14.5 Å². The highest BCUT2D eigenvalue weighted by molar-refractivity contribution is 5.81. The lowest BCUT2D eigenvalue weighted by Gasteiger charge is -2.18. The standard InChI is InChI=1S/C16H30N6O/c1-11(10-14-12(2)20-22(7)13(14)3)19-16(17-4)18-9-8-15(23)21(5)6/h11H,8-10H2,1-7H3,(H2,17,18,19). The number of aryl methyl sites for hydroxylation is 2. The molecule has 0 spiro atoms. The fourth-order valence-corrected chi connectivity index (χ4v) is 2.41. The highest BCUT2D eigenvalue weighted by Crippen LogP contribution is 2.14. The van der Waals surface area contributed by atoms with Crippen LogP contribution in [0.1, 0.15) is 30.3 Å². The quantitative estimate of drug-likeness (QED) is 0.594. The third kappa shape index (κ3) is 5.58. The van der Waals surface area contributed by atoms with Crippen molar-refractivity contribution in [2.24, 2.45) is 12.0 Å². The van der Waals surface area contributed by atoms with Gasteiger partial charge in [0.15, 0.2) is 5.96 Å². The second kappa shape index (κ2) is 8.55. The average Bonchev–Trinajstić information content (AvgIpc) is 2.72. The van der Waals surface area contributed by atoms with Crippen LogP contribution in [0.15, 0.2) is 4.99 Å². The molecule has 0 aliphatic rings. The van der Waals surface area contributed by atoms with Gasteiger partial charge in [-0.2, -0.15) is 5.10 Å². The third-order valence-electron chi connectivity index (χ3n) is 3.91. The van der Waals surface area contributed by atoms with Crippen molar-refractivity contribution in [3.05, 3.63) is 17.0 Å². The van der Waals surface area contributed by atoms with Crippen LogP contribution >= 0.6 is 0 Å². The molecule has 1 unspecified atom stereocenters. The molecule has 1 atom stereocenters. The van der Waals surface area contributed by atoms with Crippen LogP contribution in [0.3, 0.4) is 0 Å². The Morgan fingerprint density at radius 1 is 1.39 bits per heavy atom. The van der Waals surface area contributed by atoms with Crippen LogP contribution in [0.4, 0.5) is 0 Å². The normalized spacial score (nSPS) is 12.9. The zero-order valence-corrected chi connectivity index (χ0v) is 15.4. The van der Waals surface area contributed by atoms with Gasteiger partial charge in [-0.15, -0.1) is 0 Å². The number of nitrogens with one attached hydrogen (secondary N) is 2. The van der Waals surface area contributed by atoms with Gasteiger partial charge in [-0.1, -0.05) is 0 Å². The summed E-state index contributed by atoms with van der Waals surface area (Å²) >= 11 is 0. The molecular weight excluding hydrogens is 292 g/mol. The van der Waals surface area contributed by atoms with E-state index in [1.54, 1.807) is 26.0 Å². The Balaban J connectivity index is 2.51. The molecule has 2 N–H and O–H groups in total. The fourth-order valence-electron chi connectivity index (χ4n) is 2.41. The molecule has 130 valence electrons. The summed E-state index contributed by atoms with van der Waals surface area (Å²) in [5, 5.41) is 11.0. The number of nitrogens with zero attached hydrogens (tertiary/aromatic N) is 4. The van der Waals surface area contributed by atoms with Gasteiger partial charge in [0.2, 0.25) is 5.91 Å². The Bertz CT molecular complexity index is 561. The van der Waals surface area contributed by atoms with Gasteiger partial charge in [-0.25, -0.2) is 0 Å².